The second-order valence-electron chi connectivity index (χ2n) is 6.42. The van der Waals surface area contributed by atoms with Gasteiger partial charge in [0.1, 0.15) is 10.7 Å². The van der Waals surface area contributed by atoms with E-state index in [1.165, 1.54) is 22.5 Å². The lowest BCUT2D eigenvalue weighted by Gasteiger charge is -2.15. The number of thiophene rings is 2. The Bertz CT molecular complexity index is 1130. The van der Waals surface area contributed by atoms with Crippen LogP contribution in [0, 0.1) is 13.8 Å². The maximum absolute atomic E-state index is 12.7. The Hall–Kier alpha value is -2.44. The SMILES string of the molecule is Cc1ccc(N[C@@H](C)c2nc3scc(-c4cccs4)c3c(=O)[nH]2)cc1C. The van der Waals surface area contributed by atoms with Gasteiger partial charge in [0.2, 0.25) is 0 Å². The van der Waals surface area contributed by atoms with Crippen LogP contribution in [0.3, 0.4) is 0 Å². The summed E-state index contributed by atoms with van der Waals surface area (Å²) in [5, 5.41) is 8.14. The van der Waals surface area contributed by atoms with Crippen molar-refractivity contribution >= 4 is 38.6 Å². The molecule has 4 aromatic rings. The van der Waals surface area contributed by atoms with E-state index in [0.29, 0.717) is 11.2 Å². The number of H-pyrrole nitrogens is 1. The molecule has 2 N–H and O–H groups in total. The van der Waals surface area contributed by atoms with Crippen molar-refractivity contribution in [2.24, 2.45) is 0 Å². The van der Waals surface area contributed by atoms with Crippen LogP contribution >= 0.6 is 22.7 Å². The maximum Gasteiger partial charge on any atom is 0.260 e. The number of hydrogen-bond donors (Lipinski definition) is 2. The molecule has 4 nitrogen and oxygen atoms in total. The normalized spacial score (nSPS) is 12.4. The van der Waals surface area contributed by atoms with Crippen molar-refractivity contribution in [1.29, 1.82) is 0 Å². The van der Waals surface area contributed by atoms with E-state index < -0.39 is 0 Å². The van der Waals surface area contributed by atoms with Crippen LogP contribution in [0.25, 0.3) is 20.7 Å². The molecular weight excluding hydrogens is 362 g/mol. The summed E-state index contributed by atoms with van der Waals surface area (Å²) < 4.78 is 0. The first-order valence-electron chi connectivity index (χ1n) is 8.42. The van der Waals surface area contributed by atoms with Gasteiger partial charge in [0, 0.05) is 21.5 Å². The molecule has 0 fully saturated rings. The molecule has 3 aromatic heterocycles. The molecule has 6 heteroatoms. The summed E-state index contributed by atoms with van der Waals surface area (Å²) >= 11 is 3.15. The van der Waals surface area contributed by atoms with Gasteiger partial charge in [0.05, 0.1) is 11.4 Å². The number of nitrogens with zero attached hydrogens (tertiary/aromatic N) is 1. The highest BCUT2D eigenvalue weighted by Gasteiger charge is 2.16. The number of aryl methyl sites for hydroxylation is 2. The third-order valence-corrected chi connectivity index (χ3v) is 6.32. The molecule has 3 heterocycles. The molecule has 0 aliphatic rings. The van der Waals surface area contributed by atoms with Crippen LogP contribution in [0.2, 0.25) is 0 Å². The number of rotatable bonds is 4. The molecule has 0 bridgehead atoms. The molecule has 132 valence electrons. The number of fused-ring (bicyclic) bond motifs is 1. The van der Waals surface area contributed by atoms with E-state index in [1.54, 1.807) is 11.3 Å². The number of nitrogens with one attached hydrogen (secondary N) is 2. The summed E-state index contributed by atoms with van der Waals surface area (Å²) in [6.07, 6.45) is 0. The second kappa shape index (κ2) is 6.70. The Labute approximate surface area is 159 Å². The quantitative estimate of drug-likeness (QED) is 0.490. The molecule has 0 amide bonds. The molecule has 0 aliphatic heterocycles. The van der Waals surface area contributed by atoms with Gasteiger partial charge in [0.15, 0.2) is 0 Å². The summed E-state index contributed by atoms with van der Waals surface area (Å²) in [6, 6.07) is 10.2. The van der Waals surface area contributed by atoms with Gasteiger partial charge in [-0.2, -0.15) is 0 Å². The topological polar surface area (TPSA) is 57.8 Å². The summed E-state index contributed by atoms with van der Waals surface area (Å²) in [7, 11) is 0. The number of anilines is 1. The van der Waals surface area contributed by atoms with Crippen molar-refractivity contribution in [3.63, 3.8) is 0 Å². The molecule has 1 aromatic carbocycles. The first kappa shape index (κ1) is 17.0. The van der Waals surface area contributed by atoms with Crippen molar-refractivity contribution in [3.05, 3.63) is 68.4 Å². The molecule has 0 saturated heterocycles. The van der Waals surface area contributed by atoms with Crippen molar-refractivity contribution in [3.8, 4) is 10.4 Å². The van der Waals surface area contributed by atoms with Crippen LogP contribution in [0.4, 0.5) is 5.69 Å². The van der Waals surface area contributed by atoms with E-state index in [-0.39, 0.29) is 11.6 Å². The molecule has 1 atom stereocenters. The lowest BCUT2D eigenvalue weighted by atomic mass is 10.1. The monoisotopic (exact) mass is 381 g/mol. The van der Waals surface area contributed by atoms with Gasteiger partial charge in [-0.3, -0.25) is 4.79 Å². The summed E-state index contributed by atoms with van der Waals surface area (Å²) in [4.78, 5) is 22.3. The largest absolute Gasteiger partial charge is 0.375 e. The maximum atomic E-state index is 12.7. The molecule has 26 heavy (non-hydrogen) atoms. The minimum atomic E-state index is -0.0958. The van der Waals surface area contributed by atoms with E-state index >= 15 is 0 Å². The molecule has 0 unspecified atom stereocenters. The fraction of sp³-hybridized carbons (Fsp3) is 0.200. The Morgan fingerprint density at radius 1 is 1.15 bits per heavy atom. The zero-order chi connectivity index (χ0) is 18.3. The number of benzene rings is 1. The summed E-state index contributed by atoms with van der Waals surface area (Å²) in [5.41, 5.74) is 4.40. The van der Waals surface area contributed by atoms with Gasteiger partial charge in [-0.25, -0.2) is 4.98 Å². The van der Waals surface area contributed by atoms with Crippen LogP contribution in [-0.4, -0.2) is 9.97 Å². The molecular formula is C20H19N3OS2. The van der Waals surface area contributed by atoms with Gasteiger partial charge < -0.3 is 10.3 Å². The van der Waals surface area contributed by atoms with Crippen LogP contribution < -0.4 is 10.9 Å². The fourth-order valence-electron chi connectivity index (χ4n) is 2.93. The van der Waals surface area contributed by atoms with Crippen molar-refractivity contribution < 1.29 is 0 Å². The van der Waals surface area contributed by atoms with Gasteiger partial charge in [-0.15, -0.1) is 22.7 Å². The average molecular weight is 382 g/mol. The highest BCUT2D eigenvalue weighted by atomic mass is 32.1. The van der Waals surface area contributed by atoms with Crippen LogP contribution in [0.5, 0.6) is 0 Å². The fourth-order valence-corrected chi connectivity index (χ4v) is 4.70. The predicted molar refractivity (Wildman–Crippen MR) is 112 cm³/mol. The van der Waals surface area contributed by atoms with E-state index in [9.17, 15) is 4.79 Å². The Balaban J connectivity index is 1.69. The smallest absolute Gasteiger partial charge is 0.260 e. The van der Waals surface area contributed by atoms with Crippen LogP contribution in [0.1, 0.15) is 29.9 Å². The summed E-state index contributed by atoms with van der Waals surface area (Å²) in [5.74, 6) is 0.653. The molecule has 0 saturated carbocycles. The first-order valence-corrected chi connectivity index (χ1v) is 10.2. The predicted octanol–water partition coefficient (Wildman–Crippen LogP) is 5.50. The van der Waals surface area contributed by atoms with Gasteiger partial charge >= 0.3 is 0 Å². The molecule has 0 spiro atoms. The molecule has 0 radical (unpaired) electrons. The first-order chi connectivity index (χ1) is 12.5. The highest BCUT2D eigenvalue weighted by molar-refractivity contribution is 7.18. The highest BCUT2D eigenvalue weighted by Crippen LogP contribution is 2.33. The number of aromatic nitrogens is 2. The van der Waals surface area contributed by atoms with Crippen molar-refractivity contribution in [1.82, 2.24) is 9.97 Å². The number of hydrogen-bond acceptors (Lipinski definition) is 5. The van der Waals surface area contributed by atoms with Crippen LogP contribution in [0.15, 0.2) is 45.9 Å². The zero-order valence-electron chi connectivity index (χ0n) is 14.8. The van der Waals surface area contributed by atoms with E-state index in [2.05, 4.69) is 42.3 Å². The lowest BCUT2D eigenvalue weighted by Crippen LogP contribution is -2.17. The minimum absolute atomic E-state index is 0.0802. The molecule has 0 aliphatic carbocycles. The van der Waals surface area contributed by atoms with Crippen molar-refractivity contribution in [2.45, 2.75) is 26.8 Å². The Morgan fingerprint density at radius 2 is 2.00 bits per heavy atom. The average Bonchev–Trinajstić information content (AvgIpc) is 3.27. The van der Waals surface area contributed by atoms with Gasteiger partial charge in [-0.1, -0.05) is 12.1 Å². The number of aromatic amines is 1. The Morgan fingerprint density at radius 3 is 2.73 bits per heavy atom. The van der Waals surface area contributed by atoms with Gasteiger partial charge in [0.25, 0.3) is 5.56 Å². The summed E-state index contributed by atoms with van der Waals surface area (Å²) in [6.45, 7) is 6.19. The van der Waals surface area contributed by atoms with E-state index in [1.807, 2.05) is 29.8 Å². The third kappa shape index (κ3) is 3.06. The van der Waals surface area contributed by atoms with E-state index in [4.69, 9.17) is 4.98 Å². The van der Waals surface area contributed by atoms with Gasteiger partial charge in [-0.05, 0) is 55.5 Å². The Kier molecular flexibility index (Phi) is 4.38. The molecule has 4 rings (SSSR count). The van der Waals surface area contributed by atoms with E-state index in [0.717, 1.165) is 21.0 Å². The zero-order valence-corrected chi connectivity index (χ0v) is 16.4. The van der Waals surface area contributed by atoms with Crippen LogP contribution in [-0.2, 0) is 0 Å². The third-order valence-electron chi connectivity index (χ3n) is 4.55. The second-order valence-corrected chi connectivity index (χ2v) is 8.23. The minimum Gasteiger partial charge on any atom is -0.375 e. The van der Waals surface area contributed by atoms with Crippen molar-refractivity contribution in [2.75, 3.05) is 5.32 Å². The lowest BCUT2D eigenvalue weighted by molar-refractivity contribution is 0.792. The standard InChI is InChI=1S/C20H19N3OS2/c1-11-6-7-14(9-12(11)2)21-13(3)18-22-19(24)17-15(10-26-20(17)23-18)16-5-4-8-25-16/h4-10,13,21H,1-3H3,(H,22,23,24)/t13-/m0/s1.